The molecule has 4 rings (SSSR count). The first-order valence-corrected chi connectivity index (χ1v) is 11.0. The fourth-order valence-corrected chi connectivity index (χ4v) is 5.03. The van der Waals surface area contributed by atoms with Gasteiger partial charge in [0.05, 0.1) is 17.9 Å². The van der Waals surface area contributed by atoms with Gasteiger partial charge in [0.1, 0.15) is 5.75 Å². The zero-order valence-electron chi connectivity index (χ0n) is 15.8. The van der Waals surface area contributed by atoms with Crippen molar-refractivity contribution in [1.82, 2.24) is 14.4 Å². The molecule has 7 nitrogen and oxygen atoms in total. The number of rotatable bonds is 5. The van der Waals surface area contributed by atoms with Crippen molar-refractivity contribution in [3.63, 3.8) is 0 Å². The lowest BCUT2D eigenvalue weighted by molar-refractivity contribution is 0.265. The molecule has 0 spiro atoms. The van der Waals surface area contributed by atoms with Crippen LogP contribution in [-0.2, 0) is 10.0 Å². The largest absolute Gasteiger partial charge is 0.497 e. The second-order valence-electron chi connectivity index (χ2n) is 6.84. The van der Waals surface area contributed by atoms with Crippen LogP contribution in [0.2, 0.25) is 5.02 Å². The van der Waals surface area contributed by atoms with E-state index in [1.165, 1.54) is 4.31 Å². The highest BCUT2D eigenvalue weighted by atomic mass is 35.5. The predicted octanol–water partition coefficient (Wildman–Crippen LogP) is 3.97. The lowest BCUT2D eigenvalue weighted by Gasteiger charge is -2.30. The van der Waals surface area contributed by atoms with E-state index in [-0.39, 0.29) is 10.8 Å². The van der Waals surface area contributed by atoms with E-state index in [1.807, 2.05) is 12.1 Å². The summed E-state index contributed by atoms with van der Waals surface area (Å²) in [6.07, 6.45) is 1.51. The number of hydrogen-bond donors (Lipinski definition) is 0. The molecule has 0 amide bonds. The number of aromatic nitrogens is 2. The molecule has 2 aromatic carbocycles. The first-order chi connectivity index (χ1) is 14.0. The Labute approximate surface area is 174 Å². The minimum Gasteiger partial charge on any atom is -0.497 e. The Balaban J connectivity index is 1.53. The molecular weight excluding hydrogens is 414 g/mol. The Kier molecular flexibility index (Phi) is 5.58. The monoisotopic (exact) mass is 433 g/mol. The van der Waals surface area contributed by atoms with E-state index in [0.717, 1.165) is 18.4 Å². The normalized spacial score (nSPS) is 17.9. The molecule has 0 saturated carbocycles. The number of sulfonamides is 1. The summed E-state index contributed by atoms with van der Waals surface area (Å²) < 4.78 is 38.1. The van der Waals surface area contributed by atoms with Crippen molar-refractivity contribution in [2.75, 3.05) is 20.2 Å². The highest BCUT2D eigenvalue weighted by Gasteiger charge is 2.33. The van der Waals surface area contributed by atoms with Crippen LogP contribution in [0.25, 0.3) is 11.4 Å². The number of nitrogens with zero attached hydrogens (tertiary/aromatic N) is 3. The van der Waals surface area contributed by atoms with Crippen LogP contribution < -0.4 is 4.74 Å². The van der Waals surface area contributed by atoms with E-state index in [1.54, 1.807) is 43.5 Å². The molecule has 9 heteroatoms. The van der Waals surface area contributed by atoms with Crippen molar-refractivity contribution < 1.29 is 17.7 Å². The number of methoxy groups -OCH3 is 1. The van der Waals surface area contributed by atoms with Crippen LogP contribution in [0.4, 0.5) is 0 Å². The van der Waals surface area contributed by atoms with Gasteiger partial charge in [0.25, 0.3) is 0 Å². The van der Waals surface area contributed by atoms with Gasteiger partial charge in [-0.2, -0.15) is 9.29 Å². The third-order valence-corrected chi connectivity index (χ3v) is 7.11. The average molecular weight is 434 g/mol. The molecule has 0 N–H and O–H groups in total. The molecule has 3 aromatic rings. The van der Waals surface area contributed by atoms with Crippen molar-refractivity contribution in [1.29, 1.82) is 0 Å². The topological polar surface area (TPSA) is 85.5 Å². The molecule has 1 aromatic heterocycles. The standard InChI is InChI=1S/C20H20ClN3O4S/c1-27-17-8-10-18(11-9-17)29(25,26)24-12-2-3-15(13-24)20-22-19(23-28-20)14-4-6-16(21)7-5-14/h4-11,15H,2-3,12-13H2,1H3. The van der Waals surface area contributed by atoms with Crippen LogP contribution >= 0.6 is 11.6 Å². The molecule has 0 aliphatic carbocycles. The zero-order chi connectivity index (χ0) is 20.4. The first kappa shape index (κ1) is 19.9. The maximum absolute atomic E-state index is 13.0. The molecule has 0 radical (unpaired) electrons. The van der Waals surface area contributed by atoms with Gasteiger partial charge in [-0.1, -0.05) is 16.8 Å². The second kappa shape index (κ2) is 8.14. The first-order valence-electron chi connectivity index (χ1n) is 9.21. The molecule has 1 aliphatic rings. The van der Waals surface area contributed by atoms with E-state index in [0.29, 0.717) is 35.6 Å². The highest BCUT2D eigenvalue weighted by Crippen LogP contribution is 2.31. The van der Waals surface area contributed by atoms with Crippen molar-refractivity contribution in [2.45, 2.75) is 23.7 Å². The zero-order valence-corrected chi connectivity index (χ0v) is 17.4. The molecule has 1 saturated heterocycles. The molecule has 152 valence electrons. The Bertz CT molecular complexity index is 1080. The molecule has 1 fully saturated rings. The maximum atomic E-state index is 13.0. The van der Waals surface area contributed by atoms with Gasteiger partial charge in [0.15, 0.2) is 0 Å². The van der Waals surface area contributed by atoms with Gasteiger partial charge >= 0.3 is 0 Å². The van der Waals surface area contributed by atoms with Gasteiger partial charge < -0.3 is 9.26 Å². The van der Waals surface area contributed by atoms with Crippen LogP contribution in [0.15, 0.2) is 57.9 Å². The van der Waals surface area contributed by atoms with Crippen LogP contribution in [0.1, 0.15) is 24.7 Å². The van der Waals surface area contributed by atoms with E-state index < -0.39 is 10.0 Å². The van der Waals surface area contributed by atoms with Gasteiger partial charge in [-0.15, -0.1) is 0 Å². The minimum atomic E-state index is -3.60. The predicted molar refractivity (Wildman–Crippen MR) is 108 cm³/mol. The van der Waals surface area contributed by atoms with Gasteiger partial charge in [-0.25, -0.2) is 8.42 Å². The summed E-state index contributed by atoms with van der Waals surface area (Å²) >= 11 is 5.92. The summed E-state index contributed by atoms with van der Waals surface area (Å²) in [4.78, 5) is 4.73. The lowest BCUT2D eigenvalue weighted by Crippen LogP contribution is -2.39. The van der Waals surface area contributed by atoms with E-state index in [9.17, 15) is 8.42 Å². The lowest BCUT2D eigenvalue weighted by atomic mass is 10.00. The Morgan fingerprint density at radius 2 is 1.86 bits per heavy atom. The summed E-state index contributed by atoms with van der Waals surface area (Å²) in [5.74, 6) is 1.38. The van der Waals surface area contributed by atoms with Crippen LogP contribution in [-0.4, -0.2) is 43.1 Å². The Hall–Kier alpha value is -2.42. The van der Waals surface area contributed by atoms with Crippen LogP contribution in [0, 0.1) is 0 Å². The molecule has 2 heterocycles. The van der Waals surface area contributed by atoms with Crippen molar-refractivity contribution >= 4 is 21.6 Å². The quantitative estimate of drug-likeness (QED) is 0.605. The molecular formula is C20H20ClN3O4S. The Morgan fingerprint density at radius 3 is 2.55 bits per heavy atom. The van der Waals surface area contributed by atoms with E-state index in [4.69, 9.17) is 20.9 Å². The van der Waals surface area contributed by atoms with Crippen LogP contribution in [0.5, 0.6) is 5.75 Å². The van der Waals surface area contributed by atoms with E-state index >= 15 is 0 Å². The Morgan fingerprint density at radius 1 is 1.14 bits per heavy atom. The number of hydrogen-bond acceptors (Lipinski definition) is 6. The summed E-state index contributed by atoms with van der Waals surface area (Å²) in [7, 11) is -2.06. The van der Waals surface area contributed by atoms with Crippen molar-refractivity contribution in [3.8, 4) is 17.1 Å². The second-order valence-corrected chi connectivity index (χ2v) is 9.22. The summed E-state index contributed by atoms with van der Waals surface area (Å²) in [5.41, 5.74) is 0.794. The SMILES string of the molecule is COc1ccc(S(=O)(=O)N2CCCC(c3nc(-c4ccc(Cl)cc4)no3)C2)cc1. The van der Waals surface area contributed by atoms with Gasteiger partial charge in [0, 0.05) is 23.7 Å². The smallest absolute Gasteiger partial charge is 0.243 e. The van der Waals surface area contributed by atoms with Gasteiger partial charge in [-0.05, 0) is 61.4 Å². The summed E-state index contributed by atoms with van der Waals surface area (Å²) in [6.45, 7) is 0.764. The highest BCUT2D eigenvalue weighted by molar-refractivity contribution is 7.89. The third-order valence-electron chi connectivity index (χ3n) is 4.97. The summed E-state index contributed by atoms with van der Waals surface area (Å²) in [5, 5.41) is 4.67. The fourth-order valence-electron chi connectivity index (χ4n) is 3.38. The van der Waals surface area contributed by atoms with Crippen molar-refractivity contribution in [3.05, 3.63) is 59.4 Å². The maximum Gasteiger partial charge on any atom is 0.243 e. The molecule has 1 aliphatic heterocycles. The average Bonchev–Trinajstić information content (AvgIpc) is 3.25. The van der Waals surface area contributed by atoms with Crippen LogP contribution in [0.3, 0.4) is 0 Å². The van der Waals surface area contributed by atoms with Gasteiger partial charge in [-0.3, -0.25) is 0 Å². The third kappa shape index (κ3) is 4.14. The number of ether oxygens (including phenoxy) is 1. The molecule has 1 atom stereocenters. The molecule has 29 heavy (non-hydrogen) atoms. The molecule has 0 bridgehead atoms. The number of benzene rings is 2. The van der Waals surface area contributed by atoms with E-state index in [2.05, 4.69) is 10.1 Å². The number of halogens is 1. The van der Waals surface area contributed by atoms with Gasteiger partial charge in [0.2, 0.25) is 21.7 Å². The minimum absolute atomic E-state index is 0.148. The summed E-state index contributed by atoms with van der Waals surface area (Å²) in [6, 6.07) is 13.6. The van der Waals surface area contributed by atoms with Crippen molar-refractivity contribution in [2.24, 2.45) is 0 Å². The fraction of sp³-hybridized carbons (Fsp3) is 0.300. The number of piperidine rings is 1. The molecule has 1 unspecified atom stereocenters.